The van der Waals surface area contributed by atoms with Crippen molar-refractivity contribution in [2.24, 2.45) is 7.05 Å². The van der Waals surface area contributed by atoms with Crippen LogP contribution in [0.25, 0.3) is 11.0 Å². The second kappa shape index (κ2) is 6.52. The van der Waals surface area contributed by atoms with Gasteiger partial charge in [-0.15, -0.1) is 0 Å². The average molecular weight is 353 g/mol. The van der Waals surface area contributed by atoms with E-state index in [4.69, 9.17) is 9.72 Å². The van der Waals surface area contributed by atoms with Crippen molar-refractivity contribution < 1.29 is 4.74 Å². The third-order valence-corrected chi connectivity index (χ3v) is 5.18. The molecule has 6 heteroatoms. The van der Waals surface area contributed by atoms with E-state index < -0.39 is 0 Å². The lowest BCUT2D eigenvalue weighted by molar-refractivity contribution is -0.0170. The molecule has 3 aromatic rings. The number of hydrogen-bond donors (Lipinski definition) is 1. The maximum Gasteiger partial charge on any atom is 0.126 e. The topological polar surface area (TPSA) is 59.0 Å². The first-order valence-corrected chi connectivity index (χ1v) is 9.21. The van der Waals surface area contributed by atoms with Gasteiger partial charge in [0.15, 0.2) is 0 Å². The largest absolute Gasteiger partial charge is 0.378 e. The lowest BCUT2D eigenvalue weighted by atomic mass is 9.93. The van der Waals surface area contributed by atoms with Crippen molar-refractivity contribution in [1.82, 2.24) is 24.4 Å². The number of nitrogens with zero attached hydrogens (tertiary/aromatic N) is 4. The Hall–Kier alpha value is -2.18. The molecule has 1 aromatic carbocycles. The molecule has 138 valence electrons. The highest BCUT2D eigenvalue weighted by Gasteiger charge is 2.29. The van der Waals surface area contributed by atoms with E-state index in [0.29, 0.717) is 6.61 Å². The van der Waals surface area contributed by atoms with E-state index in [9.17, 15) is 0 Å². The SMILES string of the molecule is Cn1c(CN2CCOCC2c2ncc(C(C)(C)C)[nH]2)nc2ccccc21. The van der Waals surface area contributed by atoms with Crippen LogP contribution in [-0.4, -0.2) is 44.2 Å². The van der Waals surface area contributed by atoms with Crippen LogP contribution in [0.15, 0.2) is 30.5 Å². The number of hydrogen-bond acceptors (Lipinski definition) is 4. The summed E-state index contributed by atoms with van der Waals surface area (Å²) >= 11 is 0. The Morgan fingerprint density at radius 3 is 2.81 bits per heavy atom. The fraction of sp³-hybridized carbons (Fsp3) is 0.500. The predicted molar refractivity (Wildman–Crippen MR) is 102 cm³/mol. The molecule has 1 N–H and O–H groups in total. The molecule has 3 heterocycles. The molecule has 0 bridgehead atoms. The van der Waals surface area contributed by atoms with Crippen LogP contribution in [0.5, 0.6) is 0 Å². The van der Waals surface area contributed by atoms with Gasteiger partial charge in [0.1, 0.15) is 11.6 Å². The van der Waals surface area contributed by atoms with Gasteiger partial charge >= 0.3 is 0 Å². The van der Waals surface area contributed by atoms with Crippen molar-refractivity contribution in [2.75, 3.05) is 19.8 Å². The highest BCUT2D eigenvalue weighted by Crippen LogP contribution is 2.27. The number of morpholine rings is 1. The summed E-state index contributed by atoms with van der Waals surface area (Å²) in [4.78, 5) is 15.4. The lowest BCUT2D eigenvalue weighted by Gasteiger charge is -2.34. The van der Waals surface area contributed by atoms with Crippen molar-refractivity contribution >= 4 is 11.0 Å². The fourth-order valence-corrected chi connectivity index (χ4v) is 3.48. The maximum absolute atomic E-state index is 5.76. The summed E-state index contributed by atoms with van der Waals surface area (Å²) in [6.07, 6.45) is 1.96. The molecular weight excluding hydrogens is 326 g/mol. The minimum absolute atomic E-state index is 0.0585. The van der Waals surface area contributed by atoms with Gasteiger partial charge in [-0.1, -0.05) is 32.9 Å². The molecule has 0 amide bonds. The van der Waals surface area contributed by atoms with E-state index in [1.54, 1.807) is 0 Å². The average Bonchev–Trinajstić information content (AvgIpc) is 3.22. The van der Waals surface area contributed by atoms with Gasteiger partial charge in [-0.25, -0.2) is 9.97 Å². The summed E-state index contributed by atoms with van der Waals surface area (Å²) in [6, 6.07) is 8.40. The van der Waals surface area contributed by atoms with E-state index in [-0.39, 0.29) is 11.5 Å². The second-order valence-corrected chi connectivity index (χ2v) is 8.07. The van der Waals surface area contributed by atoms with E-state index in [2.05, 4.69) is 65.5 Å². The Morgan fingerprint density at radius 2 is 2.08 bits per heavy atom. The zero-order valence-corrected chi connectivity index (χ0v) is 16.0. The van der Waals surface area contributed by atoms with Crippen LogP contribution in [0, 0.1) is 0 Å². The van der Waals surface area contributed by atoms with Crippen molar-refractivity contribution in [3.63, 3.8) is 0 Å². The monoisotopic (exact) mass is 353 g/mol. The number of ether oxygens (including phenoxy) is 1. The van der Waals surface area contributed by atoms with Crippen LogP contribution in [0.3, 0.4) is 0 Å². The van der Waals surface area contributed by atoms with Crippen molar-refractivity contribution in [3.8, 4) is 0 Å². The molecule has 1 unspecified atom stereocenters. The molecule has 0 saturated carbocycles. The van der Waals surface area contributed by atoms with Crippen LogP contribution in [0.4, 0.5) is 0 Å². The summed E-state index contributed by atoms with van der Waals surface area (Å²) in [7, 11) is 2.09. The first-order chi connectivity index (χ1) is 12.4. The normalized spacial score (nSPS) is 19.3. The Kier molecular flexibility index (Phi) is 4.32. The molecule has 0 spiro atoms. The fourth-order valence-electron chi connectivity index (χ4n) is 3.48. The molecule has 2 aromatic heterocycles. The molecule has 0 radical (unpaired) electrons. The number of aryl methyl sites for hydroxylation is 1. The molecule has 6 nitrogen and oxygen atoms in total. The summed E-state index contributed by atoms with van der Waals surface area (Å²) in [5.41, 5.74) is 3.42. The number of rotatable bonds is 3. The van der Waals surface area contributed by atoms with Crippen LogP contribution in [0.1, 0.15) is 44.2 Å². The van der Waals surface area contributed by atoms with Gasteiger partial charge in [-0.3, -0.25) is 4.90 Å². The third kappa shape index (κ3) is 3.15. The quantitative estimate of drug-likeness (QED) is 0.786. The highest BCUT2D eigenvalue weighted by atomic mass is 16.5. The van der Waals surface area contributed by atoms with Gasteiger partial charge in [-0.2, -0.15) is 0 Å². The number of aromatic amines is 1. The molecule has 1 aliphatic rings. The summed E-state index contributed by atoms with van der Waals surface area (Å²) in [5.74, 6) is 2.05. The van der Waals surface area contributed by atoms with E-state index >= 15 is 0 Å². The van der Waals surface area contributed by atoms with Crippen molar-refractivity contribution in [2.45, 2.75) is 38.8 Å². The Bertz CT molecular complexity index is 904. The number of benzene rings is 1. The summed E-state index contributed by atoms with van der Waals surface area (Å²) in [6.45, 7) is 9.63. The Morgan fingerprint density at radius 1 is 1.27 bits per heavy atom. The van der Waals surface area contributed by atoms with Gasteiger partial charge < -0.3 is 14.3 Å². The van der Waals surface area contributed by atoms with E-state index in [1.807, 2.05) is 12.3 Å². The smallest absolute Gasteiger partial charge is 0.126 e. The van der Waals surface area contributed by atoms with Gasteiger partial charge in [0.05, 0.1) is 36.8 Å². The predicted octanol–water partition coefficient (Wildman–Crippen LogP) is 3.17. The minimum atomic E-state index is 0.0585. The number of fused-ring (bicyclic) bond motifs is 1. The van der Waals surface area contributed by atoms with Crippen LogP contribution in [0.2, 0.25) is 0 Å². The lowest BCUT2D eigenvalue weighted by Crippen LogP contribution is -2.40. The van der Waals surface area contributed by atoms with Gasteiger partial charge in [-0.05, 0) is 12.1 Å². The third-order valence-electron chi connectivity index (χ3n) is 5.18. The maximum atomic E-state index is 5.76. The number of nitrogens with one attached hydrogen (secondary N) is 1. The molecule has 1 fully saturated rings. The Balaban J connectivity index is 1.61. The van der Waals surface area contributed by atoms with Crippen molar-refractivity contribution in [3.05, 3.63) is 47.8 Å². The molecular formula is C20H27N5O. The molecule has 1 atom stereocenters. The standard InChI is InChI=1S/C20H27N5O/c1-20(2,3)17-11-21-19(23-17)16-13-26-10-9-25(16)12-18-22-14-7-5-6-8-15(14)24(18)4/h5-8,11,16H,9-10,12-13H2,1-4H3,(H,21,23). The number of aromatic nitrogens is 4. The summed E-state index contributed by atoms with van der Waals surface area (Å²) < 4.78 is 7.94. The summed E-state index contributed by atoms with van der Waals surface area (Å²) in [5, 5.41) is 0. The van der Waals surface area contributed by atoms with Crippen LogP contribution >= 0.6 is 0 Å². The molecule has 4 rings (SSSR count). The minimum Gasteiger partial charge on any atom is -0.378 e. The van der Waals surface area contributed by atoms with Crippen LogP contribution in [-0.2, 0) is 23.7 Å². The van der Waals surface area contributed by atoms with Gasteiger partial charge in [0.25, 0.3) is 0 Å². The van der Waals surface area contributed by atoms with Crippen LogP contribution < -0.4 is 0 Å². The number of imidazole rings is 2. The second-order valence-electron chi connectivity index (χ2n) is 8.07. The zero-order valence-electron chi connectivity index (χ0n) is 16.0. The molecule has 1 aliphatic heterocycles. The van der Waals surface area contributed by atoms with E-state index in [0.717, 1.165) is 42.6 Å². The van der Waals surface area contributed by atoms with Gasteiger partial charge in [0.2, 0.25) is 0 Å². The van der Waals surface area contributed by atoms with Gasteiger partial charge in [0, 0.05) is 30.9 Å². The van der Waals surface area contributed by atoms with E-state index in [1.165, 1.54) is 5.52 Å². The van der Waals surface area contributed by atoms with Crippen molar-refractivity contribution in [1.29, 1.82) is 0 Å². The number of H-pyrrole nitrogens is 1. The first kappa shape index (κ1) is 17.2. The highest BCUT2D eigenvalue weighted by molar-refractivity contribution is 5.75. The Labute approximate surface area is 154 Å². The molecule has 26 heavy (non-hydrogen) atoms. The number of para-hydroxylation sites is 2. The molecule has 0 aliphatic carbocycles. The zero-order chi connectivity index (χ0) is 18.3. The molecule has 1 saturated heterocycles. The first-order valence-electron chi connectivity index (χ1n) is 9.21.